The molecule has 0 bridgehead atoms. The molecule has 0 N–H and O–H groups in total. The van der Waals surface area contributed by atoms with Gasteiger partial charge in [-0.15, -0.1) is 0 Å². The van der Waals surface area contributed by atoms with Gasteiger partial charge in [0.2, 0.25) is 6.33 Å². The number of aromatic nitrogens is 4. The fraction of sp³-hybridized carbons (Fsp3) is 0.647. The molecule has 0 aliphatic carbocycles. The van der Waals surface area contributed by atoms with E-state index < -0.39 is 0 Å². The zero-order valence-corrected chi connectivity index (χ0v) is 16.7. The van der Waals surface area contributed by atoms with E-state index in [1.807, 2.05) is 7.05 Å². The van der Waals surface area contributed by atoms with E-state index in [9.17, 15) is 0 Å². The fourth-order valence-corrected chi connectivity index (χ4v) is 2.14. The van der Waals surface area contributed by atoms with Crippen LogP contribution < -0.4 is 33.9 Å². The average Bonchev–Trinajstić information content (AvgIpc) is 3.03. The highest BCUT2D eigenvalue weighted by Gasteiger charge is 2.06. The standard InChI is InChI=1S/C9H17N2.C8H15N2.2ClH/c1-4-5-6-11-8-7-10(3)9(11)2;1-3-4-5-10-7-6-9(2)8-10;;/h7-8H,4-6H2,1-3H3;6-8H,3-5H2,1-2H3;2*1H/q2*+1;;/p-2. The van der Waals surface area contributed by atoms with Crippen molar-refractivity contribution in [2.75, 3.05) is 0 Å². The Bertz CT molecular complexity index is 520. The minimum Gasteiger partial charge on any atom is -1.00 e. The number of hydrogen-bond donors (Lipinski definition) is 0. The maximum atomic E-state index is 2.30. The van der Waals surface area contributed by atoms with Crippen molar-refractivity contribution < 1.29 is 33.9 Å². The van der Waals surface area contributed by atoms with Crippen LogP contribution in [0.25, 0.3) is 0 Å². The zero-order chi connectivity index (χ0) is 15.7. The molecule has 0 atom stereocenters. The van der Waals surface area contributed by atoms with Crippen molar-refractivity contribution in [3.05, 3.63) is 36.9 Å². The number of halogens is 2. The lowest BCUT2D eigenvalue weighted by Gasteiger charge is -1.95. The van der Waals surface area contributed by atoms with Crippen LogP contribution >= 0.6 is 0 Å². The summed E-state index contributed by atoms with van der Waals surface area (Å²) in [6, 6.07) is 0. The van der Waals surface area contributed by atoms with Crippen molar-refractivity contribution in [2.45, 2.75) is 59.5 Å². The molecule has 0 aliphatic heterocycles. The molecule has 0 radical (unpaired) electrons. The van der Waals surface area contributed by atoms with Crippen molar-refractivity contribution in [1.29, 1.82) is 0 Å². The van der Waals surface area contributed by atoms with E-state index in [0.717, 1.165) is 13.1 Å². The average molecular weight is 363 g/mol. The van der Waals surface area contributed by atoms with Gasteiger partial charge in [0, 0.05) is 6.92 Å². The van der Waals surface area contributed by atoms with Crippen LogP contribution in [0.2, 0.25) is 0 Å². The lowest BCUT2D eigenvalue weighted by molar-refractivity contribution is -0.677. The Morgan fingerprint density at radius 2 is 1.52 bits per heavy atom. The van der Waals surface area contributed by atoms with E-state index in [-0.39, 0.29) is 24.8 Å². The highest BCUT2D eigenvalue weighted by Crippen LogP contribution is 1.97. The van der Waals surface area contributed by atoms with Crippen molar-refractivity contribution in [3.63, 3.8) is 0 Å². The highest BCUT2D eigenvalue weighted by molar-refractivity contribution is 4.78. The Morgan fingerprint density at radius 3 is 1.96 bits per heavy atom. The second-order valence-corrected chi connectivity index (χ2v) is 5.67. The van der Waals surface area contributed by atoms with E-state index in [4.69, 9.17) is 0 Å². The summed E-state index contributed by atoms with van der Waals surface area (Å²) < 4.78 is 8.72. The molecule has 0 spiro atoms. The van der Waals surface area contributed by atoms with Gasteiger partial charge in [0.1, 0.15) is 24.8 Å². The van der Waals surface area contributed by atoms with Crippen LogP contribution in [0.3, 0.4) is 0 Å². The highest BCUT2D eigenvalue weighted by atomic mass is 35.5. The Hall–Kier alpha value is -1.00. The molecule has 134 valence electrons. The van der Waals surface area contributed by atoms with Gasteiger partial charge >= 0.3 is 0 Å². The van der Waals surface area contributed by atoms with Gasteiger partial charge in [0.25, 0.3) is 5.82 Å². The summed E-state index contributed by atoms with van der Waals surface area (Å²) in [5.41, 5.74) is 0. The lowest BCUT2D eigenvalue weighted by Crippen LogP contribution is -3.00. The van der Waals surface area contributed by atoms with Gasteiger partial charge in [0.15, 0.2) is 0 Å². The van der Waals surface area contributed by atoms with Gasteiger partial charge < -0.3 is 24.8 Å². The molecule has 2 aromatic heterocycles. The Balaban J connectivity index is 0. The molecule has 0 aromatic carbocycles. The van der Waals surface area contributed by atoms with E-state index in [1.54, 1.807) is 0 Å². The third-order valence-corrected chi connectivity index (χ3v) is 3.74. The number of hydrogen-bond acceptors (Lipinski definition) is 0. The normalized spacial score (nSPS) is 9.43. The van der Waals surface area contributed by atoms with Crippen molar-refractivity contribution in [3.8, 4) is 0 Å². The van der Waals surface area contributed by atoms with Crippen molar-refractivity contribution in [1.82, 2.24) is 9.13 Å². The van der Waals surface area contributed by atoms with E-state index in [2.05, 4.69) is 77.2 Å². The van der Waals surface area contributed by atoms with Gasteiger partial charge in [-0.1, -0.05) is 26.7 Å². The second-order valence-electron chi connectivity index (χ2n) is 5.67. The molecular weight excluding hydrogens is 331 g/mol. The first-order valence-corrected chi connectivity index (χ1v) is 8.10. The zero-order valence-electron chi connectivity index (χ0n) is 15.2. The van der Waals surface area contributed by atoms with Crippen LogP contribution in [0, 0.1) is 6.92 Å². The van der Waals surface area contributed by atoms with Gasteiger partial charge in [-0.25, -0.2) is 18.3 Å². The van der Waals surface area contributed by atoms with E-state index >= 15 is 0 Å². The summed E-state index contributed by atoms with van der Waals surface area (Å²) in [5, 5.41) is 0. The Kier molecular flexibility index (Phi) is 14.2. The van der Waals surface area contributed by atoms with E-state index in [0.29, 0.717) is 0 Å². The van der Waals surface area contributed by atoms with Gasteiger partial charge in [-0.2, -0.15) is 0 Å². The molecule has 0 saturated carbocycles. The first-order valence-electron chi connectivity index (χ1n) is 8.10. The first kappa shape index (κ1) is 24.3. The minimum absolute atomic E-state index is 0. The largest absolute Gasteiger partial charge is 1.00 e. The van der Waals surface area contributed by atoms with E-state index in [1.165, 1.54) is 31.5 Å². The van der Waals surface area contributed by atoms with Crippen LogP contribution in [-0.2, 0) is 27.2 Å². The number of aryl methyl sites for hydroxylation is 4. The van der Waals surface area contributed by atoms with Gasteiger partial charge in [-0.3, -0.25) is 0 Å². The monoisotopic (exact) mass is 362 g/mol. The summed E-state index contributed by atoms with van der Waals surface area (Å²) in [4.78, 5) is 0. The number of unbranched alkanes of at least 4 members (excludes halogenated alkanes) is 2. The van der Waals surface area contributed by atoms with Crippen LogP contribution in [-0.4, -0.2) is 9.13 Å². The summed E-state index contributed by atoms with van der Waals surface area (Å²) in [7, 11) is 4.13. The number of nitrogens with zero attached hydrogens (tertiary/aromatic N) is 4. The Labute approximate surface area is 154 Å². The maximum absolute atomic E-state index is 2.30. The topological polar surface area (TPSA) is 17.6 Å². The molecule has 23 heavy (non-hydrogen) atoms. The predicted molar refractivity (Wildman–Crippen MR) is 85.8 cm³/mol. The van der Waals surface area contributed by atoms with Crippen LogP contribution in [0.5, 0.6) is 0 Å². The quantitative estimate of drug-likeness (QED) is 0.475. The van der Waals surface area contributed by atoms with Crippen LogP contribution in [0.4, 0.5) is 0 Å². The SMILES string of the molecule is CCCCn1cc[n+](C)c1.CCCCn1cc[n+](C)c1C.[Cl-].[Cl-]. The lowest BCUT2D eigenvalue weighted by atomic mass is 10.3. The Morgan fingerprint density at radius 1 is 0.913 bits per heavy atom. The fourth-order valence-electron chi connectivity index (χ4n) is 2.14. The van der Waals surface area contributed by atoms with Crippen LogP contribution in [0.1, 0.15) is 45.4 Å². The second kappa shape index (κ2) is 13.4. The van der Waals surface area contributed by atoms with Crippen molar-refractivity contribution in [2.24, 2.45) is 14.1 Å². The molecule has 0 aliphatic rings. The molecule has 0 fully saturated rings. The van der Waals surface area contributed by atoms with Gasteiger partial charge in [0.05, 0.1) is 27.2 Å². The molecule has 0 unspecified atom stereocenters. The molecule has 6 heteroatoms. The first-order chi connectivity index (χ1) is 10.1. The minimum atomic E-state index is 0. The molecule has 2 aromatic rings. The third-order valence-electron chi connectivity index (χ3n) is 3.74. The number of rotatable bonds is 6. The molecule has 4 nitrogen and oxygen atoms in total. The van der Waals surface area contributed by atoms with Crippen molar-refractivity contribution >= 4 is 0 Å². The predicted octanol–water partition coefficient (Wildman–Crippen LogP) is -3.46. The summed E-state index contributed by atoms with van der Waals surface area (Å²) in [5.74, 6) is 1.33. The molecule has 0 amide bonds. The molecular formula is C17H32Cl2N4. The smallest absolute Gasteiger partial charge is 0.253 e. The summed E-state index contributed by atoms with van der Waals surface area (Å²) in [6.45, 7) is 8.89. The van der Waals surface area contributed by atoms with Gasteiger partial charge in [-0.05, 0) is 12.8 Å². The number of imidazole rings is 2. The summed E-state index contributed by atoms with van der Waals surface area (Å²) >= 11 is 0. The maximum Gasteiger partial charge on any atom is 0.253 e. The summed E-state index contributed by atoms with van der Waals surface area (Å²) in [6.07, 6.45) is 15.6. The molecule has 2 heterocycles. The molecule has 2 rings (SSSR count). The molecule has 0 saturated heterocycles. The van der Waals surface area contributed by atoms with Crippen LogP contribution in [0.15, 0.2) is 31.1 Å². The third kappa shape index (κ3) is 9.01.